The number of aromatic nitrogens is 1. The summed E-state index contributed by atoms with van der Waals surface area (Å²) in [4.78, 5) is 7.06. The number of nitrogens with one attached hydrogen (secondary N) is 1. The molecule has 1 aromatic carbocycles. The Balaban J connectivity index is 1.54. The number of ether oxygens (including phenoxy) is 2. The maximum atomic E-state index is 5.35. The van der Waals surface area contributed by atoms with Gasteiger partial charge in [0.15, 0.2) is 5.13 Å². The Kier molecular flexibility index (Phi) is 5.26. The summed E-state index contributed by atoms with van der Waals surface area (Å²) in [5, 5.41) is 6.44. The third-order valence-corrected chi connectivity index (χ3v) is 4.48. The van der Waals surface area contributed by atoms with E-state index >= 15 is 0 Å². The molecule has 1 aliphatic heterocycles. The van der Waals surface area contributed by atoms with E-state index in [1.165, 1.54) is 0 Å². The van der Waals surface area contributed by atoms with E-state index in [1.807, 2.05) is 18.2 Å². The number of hydrogen-bond donors (Lipinski definition) is 1. The minimum atomic E-state index is 0.844. The molecule has 0 saturated carbocycles. The minimum absolute atomic E-state index is 0.844. The third-order valence-electron chi connectivity index (χ3n) is 3.68. The topological polar surface area (TPSA) is 46.6 Å². The maximum absolute atomic E-state index is 5.35. The van der Waals surface area contributed by atoms with Crippen molar-refractivity contribution in [3.05, 3.63) is 29.6 Å². The van der Waals surface area contributed by atoms with E-state index in [0.29, 0.717) is 0 Å². The molecule has 1 aliphatic rings. The van der Waals surface area contributed by atoms with Crippen LogP contribution in [0.15, 0.2) is 29.6 Å². The normalized spacial score (nSPS) is 15.7. The predicted molar refractivity (Wildman–Crippen MR) is 89.9 cm³/mol. The quantitative estimate of drug-likeness (QED) is 0.887. The molecule has 2 heterocycles. The van der Waals surface area contributed by atoms with E-state index in [0.717, 1.165) is 61.5 Å². The van der Waals surface area contributed by atoms with Gasteiger partial charge in [0.25, 0.3) is 0 Å². The summed E-state index contributed by atoms with van der Waals surface area (Å²) in [6.07, 6.45) is 0. The first kappa shape index (κ1) is 15.3. The van der Waals surface area contributed by atoms with Gasteiger partial charge in [0.1, 0.15) is 5.75 Å². The van der Waals surface area contributed by atoms with Crippen molar-refractivity contribution in [2.45, 2.75) is 0 Å². The van der Waals surface area contributed by atoms with E-state index in [9.17, 15) is 0 Å². The van der Waals surface area contributed by atoms with Gasteiger partial charge in [-0.15, -0.1) is 11.3 Å². The molecule has 0 spiro atoms. The molecule has 6 heteroatoms. The average Bonchev–Trinajstić information content (AvgIpc) is 3.05. The molecule has 0 bridgehead atoms. The number of hydrogen-bond acceptors (Lipinski definition) is 6. The van der Waals surface area contributed by atoms with Crippen molar-refractivity contribution >= 4 is 16.5 Å². The molecule has 3 rings (SSSR count). The summed E-state index contributed by atoms with van der Waals surface area (Å²) >= 11 is 1.64. The van der Waals surface area contributed by atoms with Crippen molar-refractivity contribution in [1.82, 2.24) is 9.88 Å². The standard InChI is InChI=1S/C16H21N3O2S/c1-20-14-4-2-3-13(11-14)15-12-22-16(18-15)17-5-6-19-7-9-21-10-8-19/h2-4,11-12H,5-10H2,1H3,(H,17,18). The van der Waals surface area contributed by atoms with Crippen LogP contribution in [-0.4, -0.2) is 56.4 Å². The highest BCUT2D eigenvalue weighted by molar-refractivity contribution is 7.14. The van der Waals surface area contributed by atoms with Gasteiger partial charge in [-0.25, -0.2) is 4.98 Å². The Morgan fingerprint density at radius 1 is 1.36 bits per heavy atom. The van der Waals surface area contributed by atoms with Crippen molar-refractivity contribution in [2.75, 3.05) is 51.8 Å². The fourth-order valence-electron chi connectivity index (χ4n) is 2.42. The summed E-state index contributed by atoms with van der Waals surface area (Å²) in [5.74, 6) is 0.854. The number of benzene rings is 1. The van der Waals surface area contributed by atoms with Gasteiger partial charge in [-0.2, -0.15) is 0 Å². The lowest BCUT2D eigenvalue weighted by Gasteiger charge is -2.26. The molecular weight excluding hydrogens is 298 g/mol. The summed E-state index contributed by atoms with van der Waals surface area (Å²) in [6.45, 7) is 5.67. The lowest BCUT2D eigenvalue weighted by molar-refractivity contribution is 0.0398. The van der Waals surface area contributed by atoms with Crippen LogP contribution in [0, 0.1) is 0 Å². The van der Waals surface area contributed by atoms with E-state index in [-0.39, 0.29) is 0 Å². The van der Waals surface area contributed by atoms with Crippen molar-refractivity contribution in [3.8, 4) is 17.0 Å². The van der Waals surface area contributed by atoms with E-state index in [2.05, 4.69) is 26.6 Å². The molecule has 1 saturated heterocycles. The Morgan fingerprint density at radius 2 is 2.23 bits per heavy atom. The molecule has 0 amide bonds. The van der Waals surface area contributed by atoms with Crippen LogP contribution in [0.5, 0.6) is 5.75 Å². The van der Waals surface area contributed by atoms with Gasteiger partial charge in [-0.05, 0) is 12.1 Å². The summed E-state index contributed by atoms with van der Waals surface area (Å²) in [6, 6.07) is 7.98. The first-order valence-corrected chi connectivity index (χ1v) is 8.37. The minimum Gasteiger partial charge on any atom is -0.497 e. The van der Waals surface area contributed by atoms with E-state index in [1.54, 1.807) is 18.4 Å². The first-order valence-electron chi connectivity index (χ1n) is 7.49. The second kappa shape index (κ2) is 7.58. The third kappa shape index (κ3) is 3.97. The van der Waals surface area contributed by atoms with Gasteiger partial charge in [-0.3, -0.25) is 4.90 Å². The molecule has 1 N–H and O–H groups in total. The number of thiazole rings is 1. The van der Waals surface area contributed by atoms with Gasteiger partial charge in [0.2, 0.25) is 0 Å². The molecule has 0 atom stereocenters. The Hall–Kier alpha value is -1.63. The Labute approximate surface area is 134 Å². The SMILES string of the molecule is COc1cccc(-c2csc(NCCN3CCOCC3)n2)c1. The fraction of sp³-hybridized carbons (Fsp3) is 0.438. The van der Waals surface area contributed by atoms with Gasteiger partial charge in [0, 0.05) is 37.1 Å². The number of rotatable bonds is 6. The highest BCUT2D eigenvalue weighted by Gasteiger charge is 2.10. The van der Waals surface area contributed by atoms with Crippen LogP contribution in [0.1, 0.15) is 0 Å². The zero-order valence-electron chi connectivity index (χ0n) is 12.7. The molecule has 0 aliphatic carbocycles. The summed E-state index contributed by atoms with van der Waals surface area (Å²) in [7, 11) is 1.68. The fourth-order valence-corrected chi connectivity index (χ4v) is 3.16. The van der Waals surface area contributed by atoms with E-state index < -0.39 is 0 Å². The lowest BCUT2D eigenvalue weighted by Crippen LogP contribution is -2.38. The van der Waals surface area contributed by atoms with Gasteiger partial charge in [-0.1, -0.05) is 12.1 Å². The summed E-state index contributed by atoms with van der Waals surface area (Å²) in [5.41, 5.74) is 2.06. The predicted octanol–water partition coefficient (Wildman–Crippen LogP) is 2.56. The highest BCUT2D eigenvalue weighted by Crippen LogP contribution is 2.27. The number of nitrogens with zero attached hydrogens (tertiary/aromatic N) is 2. The van der Waals surface area contributed by atoms with Crippen molar-refractivity contribution in [2.24, 2.45) is 0 Å². The Bertz CT molecular complexity index is 597. The van der Waals surface area contributed by atoms with Crippen LogP contribution in [0.2, 0.25) is 0 Å². The van der Waals surface area contributed by atoms with Crippen LogP contribution in [0.4, 0.5) is 5.13 Å². The summed E-state index contributed by atoms with van der Waals surface area (Å²) < 4.78 is 10.6. The van der Waals surface area contributed by atoms with Crippen LogP contribution in [0.25, 0.3) is 11.3 Å². The maximum Gasteiger partial charge on any atom is 0.183 e. The largest absolute Gasteiger partial charge is 0.497 e. The second-order valence-electron chi connectivity index (χ2n) is 5.15. The van der Waals surface area contributed by atoms with Crippen molar-refractivity contribution < 1.29 is 9.47 Å². The van der Waals surface area contributed by atoms with E-state index in [4.69, 9.17) is 9.47 Å². The first-order chi connectivity index (χ1) is 10.8. The second-order valence-corrected chi connectivity index (χ2v) is 6.01. The molecule has 1 fully saturated rings. The molecule has 0 unspecified atom stereocenters. The van der Waals surface area contributed by atoms with Crippen LogP contribution < -0.4 is 10.1 Å². The number of morpholine rings is 1. The van der Waals surface area contributed by atoms with Crippen LogP contribution in [-0.2, 0) is 4.74 Å². The molecule has 22 heavy (non-hydrogen) atoms. The average molecular weight is 319 g/mol. The van der Waals surface area contributed by atoms with Crippen LogP contribution >= 0.6 is 11.3 Å². The zero-order valence-corrected chi connectivity index (χ0v) is 13.6. The highest BCUT2D eigenvalue weighted by atomic mass is 32.1. The molecule has 0 radical (unpaired) electrons. The molecule has 2 aromatic rings. The van der Waals surface area contributed by atoms with Gasteiger partial charge in [0.05, 0.1) is 26.0 Å². The number of anilines is 1. The Morgan fingerprint density at radius 3 is 3.05 bits per heavy atom. The molecule has 5 nitrogen and oxygen atoms in total. The van der Waals surface area contributed by atoms with Crippen molar-refractivity contribution in [1.29, 1.82) is 0 Å². The van der Waals surface area contributed by atoms with Crippen LogP contribution in [0.3, 0.4) is 0 Å². The van der Waals surface area contributed by atoms with Crippen molar-refractivity contribution in [3.63, 3.8) is 0 Å². The lowest BCUT2D eigenvalue weighted by atomic mass is 10.2. The zero-order chi connectivity index (χ0) is 15.2. The van der Waals surface area contributed by atoms with Gasteiger partial charge >= 0.3 is 0 Å². The molecule has 118 valence electrons. The number of methoxy groups -OCH3 is 1. The monoisotopic (exact) mass is 319 g/mol. The molecular formula is C16H21N3O2S. The smallest absolute Gasteiger partial charge is 0.183 e. The van der Waals surface area contributed by atoms with Gasteiger partial charge < -0.3 is 14.8 Å². The molecule has 1 aromatic heterocycles.